The average Bonchev–Trinajstić information content (AvgIpc) is 2.87. The van der Waals surface area contributed by atoms with Gasteiger partial charge in [0, 0.05) is 19.6 Å². The van der Waals surface area contributed by atoms with Gasteiger partial charge in [0.05, 0.1) is 12.6 Å². The Morgan fingerprint density at radius 3 is 2.36 bits per heavy atom. The van der Waals surface area contributed by atoms with Gasteiger partial charge in [0.25, 0.3) is 0 Å². The molecule has 5 heteroatoms. The summed E-state index contributed by atoms with van der Waals surface area (Å²) in [6, 6.07) is 0. The summed E-state index contributed by atoms with van der Waals surface area (Å²) < 4.78 is 11.1. The van der Waals surface area contributed by atoms with Crippen molar-refractivity contribution in [3.05, 3.63) is 0 Å². The fourth-order valence-corrected chi connectivity index (χ4v) is 2.08. The number of rotatable bonds is 6. The Balaban J connectivity index is 0.00000211. The molecule has 1 aliphatic rings. The molecule has 22 heavy (non-hydrogen) atoms. The number of ether oxygens (including phenoxy) is 2. The molecule has 1 saturated heterocycles. The molecule has 130 valence electrons. The van der Waals surface area contributed by atoms with E-state index in [1.165, 1.54) is 0 Å². The molecule has 1 atom stereocenters. The molecule has 0 radical (unpaired) electrons. The van der Waals surface area contributed by atoms with Gasteiger partial charge in [0.15, 0.2) is 0 Å². The molecular formula is C17H33NO4. The number of carbonyl (C=O) groups is 2. The summed E-state index contributed by atoms with van der Waals surface area (Å²) in [6.07, 6.45) is 3.07. The first-order valence-electron chi connectivity index (χ1n) is 8.37. The van der Waals surface area contributed by atoms with E-state index in [1.54, 1.807) is 11.8 Å². The van der Waals surface area contributed by atoms with Crippen molar-refractivity contribution in [1.29, 1.82) is 0 Å². The van der Waals surface area contributed by atoms with Crippen LogP contribution in [0.15, 0.2) is 0 Å². The predicted octanol–water partition coefficient (Wildman–Crippen LogP) is 3.80. The second-order valence-electron chi connectivity index (χ2n) is 6.37. The monoisotopic (exact) mass is 315 g/mol. The summed E-state index contributed by atoms with van der Waals surface area (Å²) in [4.78, 5) is 24.4. The number of Topliss-reactive ketones (excluding diaryl/α,β-unsaturated/α-hetero) is 1. The molecule has 0 aliphatic carbocycles. The summed E-state index contributed by atoms with van der Waals surface area (Å²) in [5.74, 6) is 0.224. The fraction of sp³-hybridized carbons (Fsp3) is 0.882. The van der Waals surface area contributed by atoms with Crippen LogP contribution in [-0.2, 0) is 14.3 Å². The Bertz CT molecular complexity index is 336. The molecule has 1 aliphatic heterocycles. The largest absolute Gasteiger partial charge is 0.444 e. The van der Waals surface area contributed by atoms with E-state index < -0.39 is 5.60 Å². The Hall–Kier alpha value is -1.10. The first kappa shape index (κ1) is 20.9. The summed E-state index contributed by atoms with van der Waals surface area (Å²) in [7, 11) is 0. The third kappa shape index (κ3) is 9.77. The Kier molecular flexibility index (Phi) is 10.1. The van der Waals surface area contributed by atoms with Crippen LogP contribution in [0.4, 0.5) is 4.79 Å². The minimum Gasteiger partial charge on any atom is -0.444 e. The van der Waals surface area contributed by atoms with Crippen LogP contribution in [0.2, 0.25) is 0 Å². The molecule has 0 saturated carbocycles. The van der Waals surface area contributed by atoms with Gasteiger partial charge in [0.2, 0.25) is 0 Å². The van der Waals surface area contributed by atoms with Crippen molar-refractivity contribution in [2.75, 3.05) is 19.7 Å². The molecule has 5 nitrogen and oxygen atoms in total. The van der Waals surface area contributed by atoms with E-state index in [0.29, 0.717) is 26.1 Å². The molecular weight excluding hydrogens is 282 g/mol. The number of hydrogen-bond acceptors (Lipinski definition) is 4. The van der Waals surface area contributed by atoms with Gasteiger partial charge >= 0.3 is 6.09 Å². The highest BCUT2D eigenvalue weighted by Gasteiger charge is 2.29. The molecule has 1 amide bonds. The Morgan fingerprint density at radius 2 is 1.82 bits per heavy atom. The summed E-state index contributed by atoms with van der Waals surface area (Å²) in [5, 5.41) is 0. The lowest BCUT2D eigenvalue weighted by Crippen LogP contribution is -2.36. The number of amides is 1. The molecule has 0 aromatic carbocycles. The van der Waals surface area contributed by atoms with Gasteiger partial charge in [-0.2, -0.15) is 0 Å². The lowest BCUT2D eigenvalue weighted by atomic mass is 10.2. The number of likely N-dealkylation sites (tertiary alicyclic amines) is 1. The highest BCUT2D eigenvalue weighted by Crippen LogP contribution is 2.17. The standard InChI is InChI=1S/C15H27NO4.C2H6/c1-12(17)7-5-6-10-19-13-8-9-16(11-13)14(18)20-15(2,3)4;1-2/h13H,5-11H2,1-4H3;1-2H3. The van der Waals surface area contributed by atoms with Gasteiger partial charge < -0.3 is 19.2 Å². The Labute approximate surface area is 135 Å². The predicted molar refractivity (Wildman–Crippen MR) is 88.0 cm³/mol. The third-order valence-corrected chi connectivity index (χ3v) is 3.07. The molecule has 0 aromatic heterocycles. The SMILES string of the molecule is CC.CC(=O)CCCCOC1CCN(C(=O)OC(C)(C)C)C1. The van der Waals surface area contributed by atoms with Crippen molar-refractivity contribution in [1.82, 2.24) is 4.90 Å². The highest BCUT2D eigenvalue weighted by atomic mass is 16.6. The van der Waals surface area contributed by atoms with Crippen molar-refractivity contribution in [3.63, 3.8) is 0 Å². The second-order valence-corrected chi connectivity index (χ2v) is 6.37. The van der Waals surface area contributed by atoms with Crippen LogP contribution in [0.25, 0.3) is 0 Å². The minimum atomic E-state index is -0.456. The van der Waals surface area contributed by atoms with Crippen LogP contribution in [-0.4, -0.2) is 48.2 Å². The van der Waals surface area contributed by atoms with E-state index >= 15 is 0 Å². The second kappa shape index (κ2) is 10.6. The van der Waals surface area contributed by atoms with Crippen LogP contribution >= 0.6 is 0 Å². The number of ketones is 1. The van der Waals surface area contributed by atoms with Crippen molar-refractivity contribution in [3.8, 4) is 0 Å². The molecule has 1 heterocycles. The highest BCUT2D eigenvalue weighted by molar-refractivity contribution is 5.75. The van der Waals surface area contributed by atoms with Gasteiger partial charge in [-0.25, -0.2) is 4.79 Å². The number of nitrogens with zero attached hydrogens (tertiary/aromatic N) is 1. The fourth-order valence-electron chi connectivity index (χ4n) is 2.08. The Morgan fingerprint density at radius 1 is 1.18 bits per heavy atom. The number of hydrogen-bond donors (Lipinski definition) is 0. The maximum Gasteiger partial charge on any atom is 0.410 e. The average molecular weight is 315 g/mol. The van der Waals surface area contributed by atoms with Crippen LogP contribution in [0.1, 0.15) is 67.2 Å². The van der Waals surface area contributed by atoms with E-state index in [0.717, 1.165) is 19.3 Å². The molecule has 0 bridgehead atoms. The third-order valence-electron chi connectivity index (χ3n) is 3.07. The molecule has 1 rings (SSSR count). The summed E-state index contributed by atoms with van der Waals surface area (Å²) in [5.41, 5.74) is -0.456. The van der Waals surface area contributed by atoms with Gasteiger partial charge in [-0.3, -0.25) is 0 Å². The lowest BCUT2D eigenvalue weighted by Gasteiger charge is -2.24. The topological polar surface area (TPSA) is 55.8 Å². The maximum atomic E-state index is 11.9. The van der Waals surface area contributed by atoms with Crippen molar-refractivity contribution in [2.45, 2.75) is 78.9 Å². The number of unbranched alkanes of at least 4 members (excludes halogenated alkanes) is 1. The molecule has 1 fully saturated rings. The van der Waals surface area contributed by atoms with Gasteiger partial charge in [-0.15, -0.1) is 0 Å². The number of carbonyl (C=O) groups excluding carboxylic acids is 2. The zero-order chi connectivity index (χ0) is 17.2. The van der Waals surface area contributed by atoms with E-state index in [-0.39, 0.29) is 18.0 Å². The smallest absolute Gasteiger partial charge is 0.410 e. The van der Waals surface area contributed by atoms with Crippen LogP contribution in [0.5, 0.6) is 0 Å². The summed E-state index contributed by atoms with van der Waals surface area (Å²) >= 11 is 0. The summed E-state index contributed by atoms with van der Waals surface area (Å²) in [6.45, 7) is 13.1. The zero-order valence-corrected chi connectivity index (χ0v) is 15.1. The zero-order valence-electron chi connectivity index (χ0n) is 15.1. The van der Waals surface area contributed by atoms with E-state index in [9.17, 15) is 9.59 Å². The minimum absolute atomic E-state index is 0.0971. The normalized spacial score (nSPS) is 17.7. The van der Waals surface area contributed by atoms with Gasteiger partial charge in [-0.05, 0) is 47.0 Å². The first-order valence-corrected chi connectivity index (χ1v) is 8.37. The first-order chi connectivity index (χ1) is 10.3. The van der Waals surface area contributed by atoms with Crippen molar-refractivity contribution >= 4 is 11.9 Å². The van der Waals surface area contributed by atoms with E-state index in [1.807, 2.05) is 34.6 Å². The van der Waals surface area contributed by atoms with Crippen LogP contribution in [0, 0.1) is 0 Å². The van der Waals surface area contributed by atoms with Crippen LogP contribution < -0.4 is 0 Å². The molecule has 1 unspecified atom stereocenters. The maximum absolute atomic E-state index is 11.9. The molecule has 0 spiro atoms. The van der Waals surface area contributed by atoms with Crippen LogP contribution in [0.3, 0.4) is 0 Å². The van der Waals surface area contributed by atoms with Gasteiger partial charge in [-0.1, -0.05) is 13.8 Å². The molecule has 0 aromatic rings. The van der Waals surface area contributed by atoms with Gasteiger partial charge in [0.1, 0.15) is 11.4 Å². The van der Waals surface area contributed by atoms with Crippen molar-refractivity contribution in [2.24, 2.45) is 0 Å². The quantitative estimate of drug-likeness (QED) is 0.700. The molecule has 0 N–H and O–H groups in total. The van der Waals surface area contributed by atoms with E-state index in [2.05, 4.69) is 0 Å². The van der Waals surface area contributed by atoms with Crippen molar-refractivity contribution < 1.29 is 19.1 Å². The lowest BCUT2D eigenvalue weighted by molar-refractivity contribution is -0.117. The van der Waals surface area contributed by atoms with E-state index in [4.69, 9.17) is 9.47 Å².